The van der Waals surface area contributed by atoms with Crippen molar-refractivity contribution in [3.8, 4) is 0 Å². The lowest BCUT2D eigenvalue weighted by Crippen LogP contribution is -2.07. The van der Waals surface area contributed by atoms with Gasteiger partial charge < -0.3 is 9.84 Å². The molecular weight excluding hydrogens is 196 g/mol. The van der Waals surface area contributed by atoms with Crippen molar-refractivity contribution in [1.82, 2.24) is 0 Å². The third-order valence-electron chi connectivity index (χ3n) is 1.09. The standard InChI is InChI=1S/C8H9ClO4/c1-13-8(12)5-7(11)4-6(10)2-3-9/h2-4,10H,5H2,1H3/b3-2+,6-4-. The molecule has 0 aromatic heterocycles. The van der Waals surface area contributed by atoms with Crippen LogP contribution in [0.2, 0.25) is 0 Å². The number of aliphatic hydroxyl groups excluding tert-OH is 1. The first-order chi connectivity index (χ1) is 6.10. The molecule has 0 aliphatic rings. The molecule has 0 atom stereocenters. The van der Waals surface area contributed by atoms with E-state index in [4.69, 9.17) is 16.7 Å². The lowest BCUT2D eigenvalue weighted by Gasteiger charge is -1.94. The van der Waals surface area contributed by atoms with Crippen molar-refractivity contribution in [2.75, 3.05) is 7.11 Å². The minimum absolute atomic E-state index is 0.302. The van der Waals surface area contributed by atoms with Crippen molar-refractivity contribution >= 4 is 23.4 Å². The van der Waals surface area contributed by atoms with Gasteiger partial charge in [0.1, 0.15) is 12.2 Å². The van der Waals surface area contributed by atoms with Gasteiger partial charge >= 0.3 is 5.97 Å². The number of methoxy groups -OCH3 is 1. The zero-order valence-electron chi connectivity index (χ0n) is 6.99. The number of rotatable bonds is 4. The van der Waals surface area contributed by atoms with Gasteiger partial charge in [0.25, 0.3) is 0 Å². The Hall–Kier alpha value is -1.29. The second-order valence-corrected chi connectivity index (χ2v) is 2.33. The molecule has 0 amide bonds. The van der Waals surface area contributed by atoms with Gasteiger partial charge in [-0.3, -0.25) is 9.59 Å². The summed E-state index contributed by atoms with van der Waals surface area (Å²) < 4.78 is 4.25. The van der Waals surface area contributed by atoms with E-state index >= 15 is 0 Å². The van der Waals surface area contributed by atoms with E-state index in [0.29, 0.717) is 0 Å². The molecule has 72 valence electrons. The Bertz CT molecular complexity index is 255. The van der Waals surface area contributed by atoms with Crippen molar-refractivity contribution in [3.63, 3.8) is 0 Å². The van der Waals surface area contributed by atoms with Crippen LogP contribution >= 0.6 is 11.6 Å². The van der Waals surface area contributed by atoms with E-state index in [1.165, 1.54) is 7.11 Å². The quantitative estimate of drug-likeness (QED) is 0.247. The summed E-state index contributed by atoms with van der Waals surface area (Å²) >= 11 is 5.13. The Morgan fingerprint density at radius 1 is 1.54 bits per heavy atom. The molecule has 0 bridgehead atoms. The predicted octanol–water partition coefficient (Wildman–Crippen LogP) is 1.31. The van der Waals surface area contributed by atoms with Crippen LogP contribution < -0.4 is 0 Å². The highest BCUT2D eigenvalue weighted by atomic mass is 35.5. The number of ketones is 1. The molecule has 0 aliphatic carbocycles. The molecule has 0 aliphatic heterocycles. The lowest BCUT2D eigenvalue weighted by atomic mass is 10.2. The first-order valence-corrected chi connectivity index (χ1v) is 3.81. The summed E-state index contributed by atoms with van der Waals surface area (Å²) in [6, 6.07) is 0. The fourth-order valence-corrected chi connectivity index (χ4v) is 0.672. The van der Waals surface area contributed by atoms with Crippen LogP contribution in [0.5, 0.6) is 0 Å². The van der Waals surface area contributed by atoms with E-state index in [-0.39, 0.29) is 5.76 Å². The van der Waals surface area contributed by atoms with E-state index < -0.39 is 18.2 Å². The summed E-state index contributed by atoms with van der Waals surface area (Å²) in [5.74, 6) is -1.49. The Labute approximate surface area is 80.4 Å². The van der Waals surface area contributed by atoms with Gasteiger partial charge in [-0.25, -0.2) is 0 Å². The van der Waals surface area contributed by atoms with E-state index in [1.807, 2.05) is 0 Å². The molecule has 0 aromatic rings. The molecule has 4 nitrogen and oxygen atoms in total. The van der Waals surface area contributed by atoms with Gasteiger partial charge in [-0.1, -0.05) is 11.6 Å². The van der Waals surface area contributed by atoms with Crippen LogP contribution in [0, 0.1) is 0 Å². The average molecular weight is 205 g/mol. The van der Waals surface area contributed by atoms with Crippen LogP contribution in [0.25, 0.3) is 0 Å². The number of allylic oxidation sites excluding steroid dienone is 2. The maximum absolute atomic E-state index is 10.9. The van der Waals surface area contributed by atoms with Gasteiger partial charge in [0.05, 0.1) is 7.11 Å². The SMILES string of the molecule is COC(=O)CC(=O)/C=C(O)/C=C/Cl. The van der Waals surface area contributed by atoms with E-state index in [9.17, 15) is 9.59 Å². The number of carbonyl (C=O) groups excluding carboxylic acids is 2. The summed E-state index contributed by atoms with van der Waals surface area (Å²) in [4.78, 5) is 21.4. The van der Waals surface area contributed by atoms with E-state index in [1.54, 1.807) is 0 Å². The molecule has 13 heavy (non-hydrogen) atoms. The summed E-state index contributed by atoms with van der Waals surface area (Å²) in [7, 11) is 1.18. The second kappa shape index (κ2) is 6.25. The smallest absolute Gasteiger partial charge is 0.313 e. The number of esters is 1. The Kier molecular flexibility index (Phi) is 5.63. The first-order valence-electron chi connectivity index (χ1n) is 3.37. The van der Waals surface area contributed by atoms with Gasteiger partial charge in [-0.2, -0.15) is 0 Å². The fourth-order valence-electron chi connectivity index (χ4n) is 0.543. The van der Waals surface area contributed by atoms with Crippen LogP contribution in [-0.2, 0) is 14.3 Å². The molecule has 0 rings (SSSR count). The molecule has 0 heterocycles. The summed E-state index contributed by atoms with van der Waals surface area (Å²) in [5, 5.41) is 8.92. The minimum atomic E-state index is -0.649. The van der Waals surface area contributed by atoms with Crippen LogP contribution in [-0.4, -0.2) is 24.0 Å². The molecule has 0 saturated carbocycles. The first kappa shape index (κ1) is 11.7. The highest BCUT2D eigenvalue weighted by molar-refractivity contribution is 6.25. The lowest BCUT2D eigenvalue weighted by molar-refractivity contribution is -0.142. The monoisotopic (exact) mass is 204 g/mol. The number of halogens is 1. The topological polar surface area (TPSA) is 63.6 Å². The number of ether oxygens (including phenoxy) is 1. The van der Waals surface area contributed by atoms with Crippen LogP contribution in [0.4, 0.5) is 0 Å². The number of hydrogen-bond donors (Lipinski definition) is 1. The van der Waals surface area contributed by atoms with Crippen molar-refractivity contribution in [2.24, 2.45) is 0 Å². The van der Waals surface area contributed by atoms with Gasteiger partial charge in [0, 0.05) is 11.6 Å². The van der Waals surface area contributed by atoms with Gasteiger partial charge in [-0.15, -0.1) is 0 Å². The number of hydrogen-bond acceptors (Lipinski definition) is 4. The predicted molar refractivity (Wildman–Crippen MR) is 47.3 cm³/mol. The summed E-state index contributed by atoms with van der Waals surface area (Å²) in [6.45, 7) is 0. The van der Waals surface area contributed by atoms with Crippen LogP contribution in [0.3, 0.4) is 0 Å². The fraction of sp³-hybridized carbons (Fsp3) is 0.250. The van der Waals surface area contributed by atoms with Crippen molar-refractivity contribution < 1.29 is 19.4 Å². The molecule has 1 N–H and O–H groups in total. The second-order valence-electron chi connectivity index (χ2n) is 2.08. The van der Waals surface area contributed by atoms with Crippen LogP contribution in [0.1, 0.15) is 6.42 Å². The number of carbonyl (C=O) groups is 2. The zero-order chi connectivity index (χ0) is 10.3. The van der Waals surface area contributed by atoms with Crippen LogP contribution in [0.15, 0.2) is 23.4 Å². The van der Waals surface area contributed by atoms with Crippen molar-refractivity contribution in [1.29, 1.82) is 0 Å². The Morgan fingerprint density at radius 2 is 2.15 bits per heavy atom. The van der Waals surface area contributed by atoms with Crippen molar-refractivity contribution in [3.05, 3.63) is 23.4 Å². The molecular formula is C8H9ClO4. The summed E-state index contributed by atoms with van der Waals surface area (Å²) in [5.41, 5.74) is 1.05. The summed E-state index contributed by atoms with van der Waals surface area (Å²) in [6.07, 6.45) is 1.63. The molecule has 0 unspecified atom stereocenters. The van der Waals surface area contributed by atoms with Gasteiger partial charge in [0.15, 0.2) is 5.78 Å². The normalized spacial score (nSPS) is 11.7. The maximum Gasteiger partial charge on any atom is 0.313 e. The molecule has 0 aromatic carbocycles. The molecule has 0 fully saturated rings. The highest BCUT2D eigenvalue weighted by Crippen LogP contribution is 1.96. The molecule has 0 radical (unpaired) electrons. The van der Waals surface area contributed by atoms with E-state index in [0.717, 1.165) is 17.7 Å². The minimum Gasteiger partial charge on any atom is -0.508 e. The Morgan fingerprint density at radius 3 is 2.62 bits per heavy atom. The molecule has 0 spiro atoms. The zero-order valence-corrected chi connectivity index (χ0v) is 7.75. The van der Waals surface area contributed by atoms with Gasteiger partial charge in [0.2, 0.25) is 0 Å². The highest BCUT2D eigenvalue weighted by Gasteiger charge is 2.06. The Balaban J connectivity index is 4.14. The third-order valence-corrected chi connectivity index (χ3v) is 1.21. The number of aliphatic hydroxyl groups is 1. The van der Waals surface area contributed by atoms with E-state index in [2.05, 4.69) is 4.74 Å². The van der Waals surface area contributed by atoms with Crippen molar-refractivity contribution in [2.45, 2.75) is 6.42 Å². The molecule has 5 heteroatoms. The molecule has 0 saturated heterocycles. The third kappa shape index (κ3) is 5.93. The van der Waals surface area contributed by atoms with Gasteiger partial charge in [-0.05, 0) is 6.08 Å². The largest absolute Gasteiger partial charge is 0.508 e. The maximum atomic E-state index is 10.9. The average Bonchev–Trinajstić information content (AvgIpc) is 2.04.